The Morgan fingerprint density at radius 3 is 2.06 bits per heavy atom. The van der Waals surface area contributed by atoms with Crippen LogP contribution in [-0.4, -0.2) is 29.0 Å². The number of nitrogens with one attached hydrogen (secondary N) is 1. The fourth-order valence-corrected chi connectivity index (χ4v) is 4.02. The first-order valence-electron chi connectivity index (χ1n) is 9.89. The van der Waals surface area contributed by atoms with Gasteiger partial charge >= 0.3 is 0 Å². The van der Waals surface area contributed by atoms with Crippen molar-refractivity contribution in [2.45, 2.75) is 12.6 Å². The second kappa shape index (κ2) is 7.36. The highest BCUT2D eigenvalue weighted by Crippen LogP contribution is 2.23. The molecule has 0 spiro atoms. The van der Waals surface area contributed by atoms with Gasteiger partial charge < -0.3 is 14.8 Å². The number of carbonyl (C=O) groups excluding carboxylic acids is 2. The molecule has 1 saturated heterocycles. The highest BCUT2D eigenvalue weighted by atomic mass is 19.1. The second-order valence-electron chi connectivity index (χ2n) is 7.49. The first kappa shape index (κ1) is 19.0. The van der Waals surface area contributed by atoms with Crippen LogP contribution in [0.25, 0.3) is 21.8 Å². The Morgan fingerprint density at radius 1 is 0.903 bits per heavy atom. The van der Waals surface area contributed by atoms with Gasteiger partial charge in [-0.3, -0.25) is 14.4 Å². The Labute approximate surface area is 176 Å². The van der Waals surface area contributed by atoms with Crippen molar-refractivity contribution in [3.05, 3.63) is 88.8 Å². The number of anilines is 1. The van der Waals surface area contributed by atoms with Crippen LogP contribution < -0.4 is 15.6 Å². The van der Waals surface area contributed by atoms with Gasteiger partial charge in [0.25, 0.3) is 5.91 Å². The monoisotopic (exact) mass is 415 g/mol. The lowest BCUT2D eigenvalue weighted by atomic mass is 10.1. The van der Waals surface area contributed by atoms with Gasteiger partial charge in [-0.15, -0.1) is 0 Å². The van der Waals surface area contributed by atoms with Gasteiger partial charge in [0.2, 0.25) is 5.91 Å². The zero-order chi connectivity index (χ0) is 21.5. The van der Waals surface area contributed by atoms with Crippen LogP contribution in [0, 0.1) is 5.82 Å². The van der Waals surface area contributed by atoms with Crippen molar-refractivity contribution in [2.24, 2.45) is 0 Å². The Kier molecular flexibility index (Phi) is 4.51. The Bertz CT molecular complexity index is 1340. The molecule has 1 atom stereocenters. The number of halogens is 1. The molecule has 154 valence electrons. The molecule has 6 nitrogen and oxygen atoms in total. The van der Waals surface area contributed by atoms with E-state index in [9.17, 15) is 18.8 Å². The molecule has 0 saturated carbocycles. The number of nitrogens with zero attached hydrogens (tertiary/aromatic N) is 2. The topological polar surface area (TPSA) is 71.4 Å². The summed E-state index contributed by atoms with van der Waals surface area (Å²) < 4.78 is 14.9. The van der Waals surface area contributed by atoms with Crippen molar-refractivity contribution < 1.29 is 14.0 Å². The molecule has 4 aromatic rings. The first-order valence-corrected chi connectivity index (χ1v) is 9.89. The lowest BCUT2D eigenvalue weighted by Gasteiger charge is -2.38. The fraction of sp³-hybridized carbons (Fsp3) is 0.125. The number of pyridine rings is 1. The molecule has 0 bridgehead atoms. The molecule has 2 heterocycles. The lowest BCUT2D eigenvalue weighted by Crippen LogP contribution is -2.64. The highest BCUT2D eigenvalue weighted by molar-refractivity contribution is 6.06. The normalized spacial score (nSPS) is 15.8. The third-order valence-electron chi connectivity index (χ3n) is 5.58. The summed E-state index contributed by atoms with van der Waals surface area (Å²) >= 11 is 0. The van der Waals surface area contributed by atoms with E-state index in [2.05, 4.69) is 5.32 Å². The van der Waals surface area contributed by atoms with Gasteiger partial charge in [0.1, 0.15) is 18.4 Å². The number of hydrogen-bond donors (Lipinski definition) is 1. The summed E-state index contributed by atoms with van der Waals surface area (Å²) in [5, 5.41) is 3.84. The van der Waals surface area contributed by atoms with Crippen LogP contribution >= 0.6 is 0 Å². The molecule has 7 heteroatoms. The molecule has 0 aliphatic carbocycles. The molecular weight excluding hydrogens is 397 g/mol. The van der Waals surface area contributed by atoms with Gasteiger partial charge in [-0.2, -0.15) is 0 Å². The summed E-state index contributed by atoms with van der Waals surface area (Å²) in [5.41, 5.74) is 1.84. The van der Waals surface area contributed by atoms with Crippen molar-refractivity contribution in [1.82, 2.24) is 9.88 Å². The van der Waals surface area contributed by atoms with Crippen LogP contribution in [-0.2, 0) is 16.1 Å². The van der Waals surface area contributed by atoms with Crippen LogP contribution in [0.15, 0.2) is 77.6 Å². The number of β-lactam (4-membered cyclic amide) rings is 1. The van der Waals surface area contributed by atoms with Gasteiger partial charge in [0.05, 0.1) is 17.6 Å². The Morgan fingerprint density at radius 2 is 1.48 bits per heavy atom. The summed E-state index contributed by atoms with van der Waals surface area (Å²) in [6.45, 7) is 0.295. The van der Waals surface area contributed by atoms with Crippen molar-refractivity contribution >= 4 is 39.3 Å². The van der Waals surface area contributed by atoms with E-state index in [1.807, 2.05) is 12.1 Å². The maximum Gasteiger partial charge on any atom is 0.251 e. The molecule has 0 radical (unpaired) electrons. The Hall–Kier alpha value is -4.00. The van der Waals surface area contributed by atoms with E-state index in [0.29, 0.717) is 34.0 Å². The molecule has 31 heavy (non-hydrogen) atoms. The molecule has 0 unspecified atom stereocenters. The van der Waals surface area contributed by atoms with E-state index in [-0.39, 0.29) is 29.6 Å². The minimum atomic E-state index is -0.630. The van der Waals surface area contributed by atoms with E-state index in [4.69, 9.17) is 0 Å². The number of hydrogen-bond acceptors (Lipinski definition) is 3. The summed E-state index contributed by atoms with van der Waals surface area (Å²) in [5.74, 6) is -0.937. The van der Waals surface area contributed by atoms with Crippen LogP contribution in [0.3, 0.4) is 0 Å². The van der Waals surface area contributed by atoms with Crippen molar-refractivity contribution in [2.75, 3.05) is 11.4 Å². The molecule has 1 aliphatic heterocycles. The largest absolute Gasteiger partial charge is 0.341 e. The number of rotatable bonds is 4. The molecule has 5 rings (SSSR count). The second-order valence-corrected chi connectivity index (χ2v) is 7.49. The minimum Gasteiger partial charge on any atom is -0.341 e. The summed E-state index contributed by atoms with van der Waals surface area (Å²) in [6, 6.07) is 19.3. The van der Waals surface area contributed by atoms with Crippen molar-refractivity contribution in [3.8, 4) is 0 Å². The average molecular weight is 415 g/mol. The standard InChI is InChI=1S/C24H18FN3O3/c25-15-9-11-16(12-10-15)27-13-19(24(27)31)26-22(29)14-28-20-7-3-1-5-17(20)23(30)18-6-2-4-8-21(18)28/h1-12,19H,13-14H2,(H,26,29)/t19-/m1/s1. The van der Waals surface area contributed by atoms with E-state index in [0.717, 1.165) is 0 Å². The van der Waals surface area contributed by atoms with E-state index in [1.165, 1.54) is 29.2 Å². The molecule has 3 aromatic carbocycles. The minimum absolute atomic E-state index is 0.0262. The number of carbonyl (C=O) groups is 2. The van der Waals surface area contributed by atoms with Gasteiger partial charge in [0.15, 0.2) is 5.43 Å². The molecule has 1 N–H and O–H groups in total. The predicted molar refractivity (Wildman–Crippen MR) is 116 cm³/mol. The molecule has 1 aromatic heterocycles. The maximum atomic E-state index is 13.1. The van der Waals surface area contributed by atoms with Crippen molar-refractivity contribution in [3.63, 3.8) is 0 Å². The molecule has 2 amide bonds. The number of benzene rings is 3. The lowest BCUT2D eigenvalue weighted by molar-refractivity contribution is -0.130. The number of aromatic nitrogens is 1. The number of fused-ring (bicyclic) bond motifs is 2. The predicted octanol–water partition coefficient (Wildman–Crippen LogP) is 2.83. The van der Waals surface area contributed by atoms with E-state index >= 15 is 0 Å². The third-order valence-corrected chi connectivity index (χ3v) is 5.58. The summed E-state index contributed by atoms with van der Waals surface area (Å²) in [6.07, 6.45) is 0. The quantitative estimate of drug-likeness (QED) is 0.412. The number of para-hydroxylation sites is 2. The van der Waals surface area contributed by atoms with Gasteiger partial charge in [0, 0.05) is 16.5 Å². The Balaban J connectivity index is 1.39. The summed E-state index contributed by atoms with van der Waals surface area (Å²) in [4.78, 5) is 39.6. The van der Waals surface area contributed by atoms with Gasteiger partial charge in [-0.05, 0) is 48.5 Å². The fourth-order valence-electron chi connectivity index (χ4n) is 4.02. The molecule has 1 aliphatic rings. The SMILES string of the molecule is O=C(Cn1c2ccccc2c(=O)c2ccccc21)N[C@@H]1CN(c2ccc(F)cc2)C1=O. The smallest absolute Gasteiger partial charge is 0.251 e. The van der Waals surface area contributed by atoms with E-state index < -0.39 is 6.04 Å². The molecule has 1 fully saturated rings. The zero-order valence-electron chi connectivity index (χ0n) is 16.4. The van der Waals surface area contributed by atoms with Crippen LogP contribution in [0.5, 0.6) is 0 Å². The third kappa shape index (κ3) is 3.24. The average Bonchev–Trinajstić information content (AvgIpc) is 2.80. The number of amides is 2. The highest BCUT2D eigenvalue weighted by Gasteiger charge is 2.38. The van der Waals surface area contributed by atoms with Crippen LogP contribution in [0.2, 0.25) is 0 Å². The summed E-state index contributed by atoms with van der Waals surface area (Å²) in [7, 11) is 0. The van der Waals surface area contributed by atoms with Crippen LogP contribution in [0.4, 0.5) is 10.1 Å². The molecular formula is C24H18FN3O3. The zero-order valence-corrected chi connectivity index (χ0v) is 16.4. The van der Waals surface area contributed by atoms with Crippen molar-refractivity contribution in [1.29, 1.82) is 0 Å². The maximum absolute atomic E-state index is 13.1. The van der Waals surface area contributed by atoms with Gasteiger partial charge in [-0.1, -0.05) is 24.3 Å². The van der Waals surface area contributed by atoms with E-state index in [1.54, 1.807) is 41.0 Å². The van der Waals surface area contributed by atoms with Gasteiger partial charge in [-0.25, -0.2) is 4.39 Å². The van der Waals surface area contributed by atoms with Crippen LogP contribution in [0.1, 0.15) is 0 Å². The first-order chi connectivity index (χ1) is 15.0.